The van der Waals surface area contributed by atoms with Gasteiger partial charge in [-0.2, -0.15) is 0 Å². The molecule has 4 rings (SSSR count). The minimum Gasteiger partial charge on any atom is -0.454 e. The molecule has 172 valence electrons. The average molecular weight is 467 g/mol. The number of para-hydroxylation sites is 1. The second kappa shape index (κ2) is 9.15. The van der Waals surface area contributed by atoms with Gasteiger partial charge in [0.05, 0.1) is 18.5 Å². The van der Waals surface area contributed by atoms with Crippen molar-refractivity contribution in [2.45, 2.75) is 26.9 Å². The molecule has 1 aliphatic heterocycles. The van der Waals surface area contributed by atoms with Crippen LogP contribution >= 0.6 is 0 Å². The molecular weight excluding hydrogens is 440 g/mol. The van der Waals surface area contributed by atoms with E-state index in [1.54, 1.807) is 24.3 Å². The topological polar surface area (TPSA) is 84.9 Å². The van der Waals surface area contributed by atoms with Crippen LogP contribution in [0.25, 0.3) is 0 Å². The Labute approximate surface area is 194 Å². The molecule has 0 saturated carbocycles. The van der Waals surface area contributed by atoms with Crippen molar-refractivity contribution in [3.8, 4) is 11.5 Å². The number of amides is 1. The van der Waals surface area contributed by atoms with E-state index in [4.69, 9.17) is 9.47 Å². The van der Waals surface area contributed by atoms with Gasteiger partial charge in [-0.05, 0) is 60.4 Å². The largest absolute Gasteiger partial charge is 0.454 e. The Morgan fingerprint density at radius 1 is 0.939 bits per heavy atom. The highest BCUT2D eigenvalue weighted by molar-refractivity contribution is 7.92. The van der Waals surface area contributed by atoms with Crippen LogP contribution in [0.2, 0.25) is 0 Å². The molecule has 33 heavy (non-hydrogen) atoms. The first kappa shape index (κ1) is 22.7. The highest BCUT2D eigenvalue weighted by atomic mass is 32.2. The van der Waals surface area contributed by atoms with Crippen molar-refractivity contribution in [1.29, 1.82) is 0 Å². The quantitative estimate of drug-likeness (QED) is 0.570. The molecule has 0 radical (unpaired) electrons. The summed E-state index contributed by atoms with van der Waals surface area (Å²) in [5, 5.41) is 2.89. The third-order valence-corrected chi connectivity index (χ3v) is 6.63. The SMILES string of the molecule is Cc1cccc(C)c1N(Cc1ccc(C(=O)NCc2ccc3c(c2)OCO3)cc1)S(C)(=O)=O. The lowest BCUT2D eigenvalue weighted by Crippen LogP contribution is -2.30. The molecule has 0 atom stereocenters. The first-order valence-electron chi connectivity index (χ1n) is 10.5. The van der Waals surface area contributed by atoms with Crippen LogP contribution in [0.5, 0.6) is 11.5 Å². The Kier molecular flexibility index (Phi) is 6.29. The van der Waals surface area contributed by atoms with Gasteiger partial charge in [0.15, 0.2) is 11.5 Å². The van der Waals surface area contributed by atoms with E-state index in [9.17, 15) is 13.2 Å². The summed E-state index contributed by atoms with van der Waals surface area (Å²) in [4.78, 5) is 12.6. The number of ether oxygens (including phenoxy) is 2. The monoisotopic (exact) mass is 466 g/mol. The molecule has 1 N–H and O–H groups in total. The number of rotatable bonds is 7. The zero-order valence-electron chi connectivity index (χ0n) is 18.8. The van der Waals surface area contributed by atoms with E-state index >= 15 is 0 Å². The van der Waals surface area contributed by atoms with Gasteiger partial charge in [0.1, 0.15) is 0 Å². The lowest BCUT2D eigenvalue weighted by molar-refractivity contribution is 0.0951. The molecule has 0 unspecified atom stereocenters. The maximum atomic E-state index is 12.6. The van der Waals surface area contributed by atoms with Crippen molar-refractivity contribution in [1.82, 2.24) is 5.32 Å². The number of benzene rings is 3. The van der Waals surface area contributed by atoms with Crippen molar-refractivity contribution in [2.24, 2.45) is 0 Å². The number of nitrogens with zero attached hydrogens (tertiary/aromatic N) is 1. The number of anilines is 1. The lowest BCUT2D eigenvalue weighted by atomic mass is 10.1. The third-order valence-electron chi connectivity index (χ3n) is 5.52. The van der Waals surface area contributed by atoms with Crippen molar-refractivity contribution in [2.75, 3.05) is 17.4 Å². The van der Waals surface area contributed by atoms with Crippen LogP contribution in [0.4, 0.5) is 5.69 Å². The van der Waals surface area contributed by atoms with Gasteiger partial charge in [-0.25, -0.2) is 8.42 Å². The summed E-state index contributed by atoms with van der Waals surface area (Å²) in [6, 6.07) is 18.2. The van der Waals surface area contributed by atoms with E-state index < -0.39 is 10.0 Å². The summed E-state index contributed by atoms with van der Waals surface area (Å²) in [7, 11) is -3.50. The van der Waals surface area contributed by atoms with Crippen LogP contribution < -0.4 is 19.1 Å². The normalized spacial score (nSPS) is 12.5. The highest BCUT2D eigenvalue weighted by Gasteiger charge is 2.21. The number of aryl methyl sites for hydroxylation is 2. The van der Waals surface area contributed by atoms with E-state index in [-0.39, 0.29) is 19.2 Å². The summed E-state index contributed by atoms with van der Waals surface area (Å²) in [6.45, 7) is 4.54. The van der Waals surface area contributed by atoms with Crippen molar-refractivity contribution >= 4 is 21.6 Å². The van der Waals surface area contributed by atoms with Gasteiger partial charge in [-0.3, -0.25) is 9.10 Å². The van der Waals surface area contributed by atoms with Gasteiger partial charge in [0.25, 0.3) is 5.91 Å². The zero-order chi connectivity index (χ0) is 23.6. The van der Waals surface area contributed by atoms with Gasteiger partial charge < -0.3 is 14.8 Å². The molecule has 0 aliphatic carbocycles. The average Bonchev–Trinajstić information content (AvgIpc) is 3.24. The Balaban J connectivity index is 1.45. The number of sulfonamides is 1. The predicted molar refractivity (Wildman–Crippen MR) is 127 cm³/mol. The molecule has 3 aromatic carbocycles. The summed E-state index contributed by atoms with van der Waals surface area (Å²) in [5.74, 6) is 1.16. The molecule has 0 aromatic heterocycles. The fraction of sp³-hybridized carbons (Fsp3) is 0.240. The van der Waals surface area contributed by atoms with Gasteiger partial charge in [-0.15, -0.1) is 0 Å². The van der Waals surface area contributed by atoms with Gasteiger partial charge >= 0.3 is 0 Å². The van der Waals surface area contributed by atoms with E-state index in [2.05, 4.69) is 5.32 Å². The molecule has 1 heterocycles. The van der Waals surface area contributed by atoms with Crippen LogP contribution in [0.15, 0.2) is 60.7 Å². The van der Waals surface area contributed by atoms with Crippen LogP contribution in [0.1, 0.15) is 32.6 Å². The number of fused-ring (bicyclic) bond motifs is 1. The molecule has 0 bridgehead atoms. The summed E-state index contributed by atoms with van der Waals surface area (Å²) < 4.78 is 37.2. The second-order valence-electron chi connectivity index (χ2n) is 8.08. The Bertz CT molecular complexity index is 1270. The van der Waals surface area contributed by atoms with E-state index in [1.165, 1.54) is 10.6 Å². The number of carbonyl (C=O) groups is 1. The van der Waals surface area contributed by atoms with Gasteiger partial charge in [0, 0.05) is 12.1 Å². The minimum absolute atomic E-state index is 0.184. The smallest absolute Gasteiger partial charge is 0.251 e. The second-order valence-corrected chi connectivity index (χ2v) is 9.98. The third kappa shape index (κ3) is 5.12. The number of hydrogen-bond donors (Lipinski definition) is 1. The molecule has 0 spiro atoms. The Hall–Kier alpha value is -3.52. The van der Waals surface area contributed by atoms with Crippen LogP contribution in [-0.2, 0) is 23.1 Å². The predicted octanol–water partition coefficient (Wildman–Crippen LogP) is 3.93. The summed E-state index contributed by atoms with van der Waals surface area (Å²) >= 11 is 0. The maximum absolute atomic E-state index is 12.6. The fourth-order valence-electron chi connectivity index (χ4n) is 3.82. The van der Waals surface area contributed by atoms with E-state index in [0.29, 0.717) is 29.3 Å². The molecule has 0 saturated heterocycles. The molecule has 0 fully saturated rings. The van der Waals surface area contributed by atoms with Crippen molar-refractivity contribution in [3.63, 3.8) is 0 Å². The molecule has 1 aliphatic rings. The van der Waals surface area contributed by atoms with Crippen LogP contribution in [0.3, 0.4) is 0 Å². The first-order valence-corrected chi connectivity index (χ1v) is 12.4. The number of hydrogen-bond acceptors (Lipinski definition) is 5. The Morgan fingerprint density at radius 2 is 1.58 bits per heavy atom. The molecule has 1 amide bonds. The standard InChI is InChI=1S/C25H26N2O5S/c1-17-5-4-6-18(2)24(17)27(33(3,29)30)15-19-7-10-21(11-8-19)25(28)26-14-20-9-12-22-23(13-20)32-16-31-22/h4-13H,14-16H2,1-3H3,(H,26,28). The number of carbonyl (C=O) groups excluding carboxylic acids is 1. The molecule has 8 heteroatoms. The highest BCUT2D eigenvalue weighted by Crippen LogP contribution is 2.32. The number of nitrogens with one attached hydrogen (secondary N) is 1. The van der Waals surface area contributed by atoms with Gasteiger partial charge in [-0.1, -0.05) is 36.4 Å². The maximum Gasteiger partial charge on any atom is 0.251 e. The van der Waals surface area contributed by atoms with Crippen molar-refractivity contribution < 1.29 is 22.7 Å². The lowest BCUT2D eigenvalue weighted by Gasteiger charge is -2.26. The Morgan fingerprint density at radius 3 is 2.24 bits per heavy atom. The first-order chi connectivity index (χ1) is 15.7. The van der Waals surface area contributed by atoms with Crippen LogP contribution in [0, 0.1) is 13.8 Å². The minimum atomic E-state index is -3.50. The fourth-order valence-corrected chi connectivity index (χ4v) is 4.83. The van der Waals surface area contributed by atoms with Gasteiger partial charge in [0.2, 0.25) is 16.8 Å². The molecule has 7 nitrogen and oxygen atoms in total. The van der Waals surface area contributed by atoms with E-state index in [0.717, 1.165) is 22.3 Å². The molecular formula is C25H26N2O5S. The molecule has 3 aromatic rings. The van der Waals surface area contributed by atoms with Crippen molar-refractivity contribution in [3.05, 3.63) is 88.5 Å². The zero-order valence-corrected chi connectivity index (χ0v) is 19.6. The van der Waals surface area contributed by atoms with E-state index in [1.807, 2.05) is 50.2 Å². The van der Waals surface area contributed by atoms with Crippen LogP contribution in [-0.4, -0.2) is 27.4 Å². The summed E-state index contributed by atoms with van der Waals surface area (Å²) in [6.07, 6.45) is 1.21. The summed E-state index contributed by atoms with van der Waals surface area (Å²) in [5.41, 5.74) is 4.65.